The molecule has 0 bridgehead atoms. The molecule has 3 heteroatoms. The van der Waals surface area contributed by atoms with Crippen LogP contribution in [0.2, 0.25) is 0 Å². The Hall–Kier alpha value is -2.23. The molecule has 0 saturated carbocycles. The lowest BCUT2D eigenvalue weighted by atomic mass is 10.2. The highest BCUT2D eigenvalue weighted by molar-refractivity contribution is 8.14. The zero-order valence-electron chi connectivity index (χ0n) is 17.3. The van der Waals surface area contributed by atoms with Crippen molar-refractivity contribution in [2.45, 2.75) is 32.1 Å². The maximum absolute atomic E-state index is 4.88. The molecule has 0 heterocycles. The highest BCUT2D eigenvalue weighted by Crippen LogP contribution is 2.25. The first kappa shape index (κ1) is 21.5. The molecule has 3 aromatic rings. The molecule has 3 rings (SSSR count). The maximum Gasteiger partial charge on any atom is 0.0972 e. The van der Waals surface area contributed by atoms with Crippen LogP contribution >= 0.6 is 23.5 Å². The van der Waals surface area contributed by atoms with Crippen LogP contribution in [0.5, 0.6) is 0 Å². The van der Waals surface area contributed by atoms with Gasteiger partial charge in [-0.2, -0.15) is 0 Å². The van der Waals surface area contributed by atoms with E-state index >= 15 is 0 Å². The minimum absolute atomic E-state index is 0.999. The first-order valence-corrected chi connectivity index (χ1v) is 11.7. The van der Waals surface area contributed by atoms with Gasteiger partial charge in [-0.15, -0.1) is 11.8 Å². The molecule has 0 aliphatic heterocycles. The molecule has 29 heavy (non-hydrogen) atoms. The molecule has 0 atom stereocenters. The fourth-order valence-electron chi connectivity index (χ4n) is 2.88. The van der Waals surface area contributed by atoms with Gasteiger partial charge in [0.15, 0.2) is 0 Å². The normalized spacial score (nSPS) is 11.9. The highest BCUT2D eigenvalue weighted by atomic mass is 32.2. The van der Waals surface area contributed by atoms with Crippen molar-refractivity contribution in [3.63, 3.8) is 0 Å². The van der Waals surface area contributed by atoms with Crippen LogP contribution in [0.25, 0.3) is 0 Å². The fourth-order valence-corrected chi connectivity index (χ4v) is 4.58. The van der Waals surface area contributed by atoms with E-state index in [1.54, 1.807) is 11.8 Å². The van der Waals surface area contributed by atoms with E-state index in [1.165, 1.54) is 27.1 Å². The van der Waals surface area contributed by atoms with Gasteiger partial charge in [-0.25, -0.2) is 4.99 Å². The lowest BCUT2D eigenvalue weighted by Gasteiger charge is -2.05. The number of hydrogen-bond donors (Lipinski definition) is 0. The van der Waals surface area contributed by atoms with Crippen molar-refractivity contribution in [2.75, 3.05) is 5.75 Å². The average molecular weight is 418 g/mol. The summed E-state index contributed by atoms with van der Waals surface area (Å²) >= 11 is 3.56. The van der Waals surface area contributed by atoms with Crippen LogP contribution < -0.4 is 0 Å². The predicted molar refractivity (Wildman–Crippen MR) is 132 cm³/mol. The van der Waals surface area contributed by atoms with Gasteiger partial charge >= 0.3 is 0 Å². The van der Waals surface area contributed by atoms with Gasteiger partial charge in [0, 0.05) is 10.6 Å². The van der Waals surface area contributed by atoms with Crippen LogP contribution in [-0.2, 0) is 6.42 Å². The third-order valence-corrected chi connectivity index (χ3v) is 6.41. The molecule has 0 amide bonds. The zero-order valence-corrected chi connectivity index (χ0v) is 18.9. The van der Waals surface area contributed by atoms with Crippen molar-refractivity contribution in [3.8, 4) is 0 Å². The van der Waals surface area contributed by atoms with Crippen molar-refractivity contribution < 1.29 is 0 Å². The Morgan fingerprint density at radius 3 is 2.31 bits per heavy atom. The van der Waals surface area contributed by atoms with Crippen molar-refractivity contribution in [2.24, 2.45) is 4.99 Å². The van der Waals surface area contributed by atoms with Crippen molar-refractivity contribution in [1.82, 2.24) is 0 Å². The average Bonchev–Trinajstić information content (AvgIpc) is 2.72. The van der Waals surface area contributed by atoms with Crippen molar-refractivity contribution in [3.05, 3.63) is 107 Å². The van der Waals surface area contributed by atoms with Crippen LogP contribution in [0.1, 0.15) is 22.3 Å². The molecule has 0 aromatic heterocycles. The number of thioether (sulfide) groups is 2. The summed E-state index contributed by atoms with van der Waals surface area (Å²) in [6.07, 6.45) is 3.18. The first-order chi connectivity index (χ1) is 14.1. The Labute approximate surface area is 183 Å². The monoisotopic (exact) mass is 417 g/mol. The minimum Gasteiger partial charge on any atom is -0.242 e. The summed E-state index contributed by atoms with van der Waals surface area (Å²) in [6.45, 7) is 6.40. The van der Waals surface area contributed by atoms with Gasteiger partial charge in [0.25, 0.3) is 0 Å². The minimum atomic E-state index is 0.999. The lowest BCUT2D eigenvalue weighted by molar-refractivity contribution is 1.16. The van der Waals surface area contributed by atoms with E-state index in [4.69, 9.17) is 4.99 Å². The second-order valence-electron chi connectivity index (χ2n) is 7.06. The van der Waals surface area contributed by atoms with E-state index < -0.39 is 0 Å². The predicted octanol–water partition coefficient (Wildman–Crippen LogP) is 7.92. The first-order valence-electron chi connectivity index (χ1n) is 9.83. The van der Waals surface area contributed by atoms with Crippen molar-refractivity contribution >= 4 is 34.3 Å². The molecule has 1 nitrogen and oxygen atoms in total. The van der Waals surface area contributed by atoms with Crippen LogP contribution in [0, 0.1) is 20.8 Å². The number of aliphatic imine (C=N–C) groups is 1. The molecule has 0 spiro atoms. The molecule has 148 valence electrons. The van der Waals surface area contributed by atoms with Gasteiger partial charge in [0.1, 0.15) is 0 Å². The second-order valence-corrected chi connectivity index (χ2v) is 9.12. The number of nitrogens with zero attached hydrogens (tertiary/aromatic N) is 1. The van der Waals surface area contributed by atoms with Crippen LogP contribution in [-0.4, -0.2) is 10.8 Å². The van der Waals surface area contributed by atoms with Gasteiger partial charge in [-0.05, 0) is 68.0 Å². The summed E-state index contributed by atoms with van der Waals surface area (Å²) in [4.78, 5) is 6.17. The molecular weight excluding hydrogens is 390 g/mol. The summed E-state index contributed by atoms with van der Waals surface area (Å²) in [5.74, 6) is 1.01. The van der Waals surface area contributed by atoms with Crippen LogP contribution in [0.15, 0.2) is 94.2 Å². The molecule has 0 saturated heterocycles. The molecule has 3 aromatic carbocycles. The summed E-state index contributed by atoms with van der Waals surface area (Å²) in [5.41, 5.74) is 6.23. The van der Waals surface area contributed by atoms with Crippen LogP contribution in [0.3, 0.4) is 0 Å². The third kappa shape index (κ3) is 7.26. The smallest absolute Gasteiger partial charge is 0.0972 e. The molecule has 0 fully saturated rings. The number of benzene rings is 3. The van der Waals surface area contributed by atoms with Crippen molar-refractivity contribution in [1.29, 1.82) is 0 Å². The standard InChI is InChI=1S/C26H27NS2/c1-20-9-12-24(13-10-20)27-26(29-17-15-23-7-5-4-6-8-23)16-18-28-25-14-11-21(2)19-22(25)3/h4-14,16,18-19H,15,17H2,1-3H3. The third-order valence-electron chi connectivity index (χ3n) is 4.49. The Morgan fingerprint density at radius 1 is 0.862 bits per heavy atom. The molecule has 0 aliphatic rings. The summed E-state index contributed by atoms with van der Waals surface area (Å²) in [7, 11) is 0. The van der Waals surface area contributed by atoms with Gasteiger partial charge in [-0.3, -0.25) is 0 Å². The van der Waals surface area contributed by atoms with E-state index in [9.17, 15) is 0 Å². The van der Waals surface area contributed by atoms with Gasteiger partial charge < -0.3 is 0 Å². The maximum atomic E-state index is 4.88. The summed E-state index contributed by atoms with van der Waals surface area (Å²) < 4.78 is 0. The van der Waals surface area contributed by atoms with E-state index in [-0.39, 0.29) is 0 Å². The van der Waals surface area contributed by atoms with Crippen LogP contribution in [0.4, 0.5) is 5.69 Å². The summed E-state index contributed by atoms with van der Waals surface area (Å²) in [5, 5.41) is 3.20. The van der Waals surface area contributed by atoms with E-state index in [0.717, 1.165) is 22.9 Å². The Kier molecular flexibility index (Phi) is 8.21. The quantitative estimate of drug-likeness (QED) is 0.220. The molecule has 0 N–H and O–H groups in total. The largest absolute Gasteiger partial charge is 0.242 e. The fraction of sp³-hybridized carbons (Fsp3) is 0.192. The lowest BCUT2D eigenvalue weighted by Crippen LogP contribution is -1.93. The molecular formula is C26H27NS2. The number of hydrogen-bond acceptors (Lipinski definition) is 3. The van der Waals surface area contributed by atoms with E-state index in [2.05, 4.69) is 105 Å². The molecule has 0 aliphatic carbocycles. The van der Waals surface area contributed by atoms with Gasteiger partial charge in [0.05, 0.1) is 10.7 Å². The Bertz CT molecular complexity index is 973. The zero-order chi connectivity index (χ0) is 20.5. The van der Waals surface area contributed by atoms with Gasteiger partial charge in [-0.1, -0.05) is 77.5 Å². The number of rotatable bonds is 7. The Balaban J connectivity index is 1.69. The Morgan fingerprint density at radius 2 is 1.59 bits per heavy atom. The van der Waals surface area contributed by atoms with Gasteiger partial charge in [0.2, 0.25) is 0 Å². The molecule has 0 radical (unpaired) electrons. The summed E-state index contributed by atoms with van der Waals surface area (Å²) in [6, 6.07) is 25.6. The number of aryl methyl sites for hydroxylation is 4. The topological polar surface area (TPSA) is 12.4 Å². The molecule has 0 unspecified atom stereocenters. The van der Waals surface area contributed by atoms with E-state index in [0.29, 0.717) is 0 Å². The SMILES string of the molecule is Cc1ccc(N=C(C=CSc2ccc(C)cc2C)SCCc2ccccc2)cc1. The highest BCUT2D eigenvalue weighted by Gasteiger charge is 2.01. The van der Waals surface area contributed by atoms with E-state index in [1.807, 2.05) is 11.8 Å². The second kappa shape index (κ2) is 11.1.